The van der Waals surface area contributed by atoms with E-state index in [1.807, 2.05) is 0 Å². The highest BCUT2D eigenvalue weighted by Crippen LogP contribution is 2.44. The SMILES string of the molecule is CN(C(=O)c1cccc(-n2nc(C(F)(F)F)c3c2C(Oc2ccc(C(N)=O)cc2)CCC3)c1)c1ccc2c(c1)OC(F)(F)O2. The lowest BCUT2D eigenvalue weighted by atomic mass is 9.92. The molecule has 2 heterocycles. The molecule has 0 fully saturated rings. The summed E-state index contributed by atoms with van der Waals surface area (Å²) in [6.07, 6.45) is -8.48. The van der Waals surface area contributed by atoms with Gasteiger partial charge in [0.25, 0.3) is 5.91 Å². The zero-order chi connectivity index (χ0) is 31.4. The minimum atomic E-state index is -4.75. The summed E-state index contributed by atoms with van der Waals surface area (Å²) >= 11 is 0. The third-order valence-electron chi connectivity index (χ3n) is 7.32. The Balaban J connectivity index is 1.34. The third kappa shape index (κ3) is 5.38. The van der Waals surface area contributed by atoms with Gasteiger partial charge in [-0.2, -0.15) is 18.3 Å². The van der Waals surface area contributed by atoms with Crippen molar-refractivity contribution < 1.29 is 45.8 Å². The number of primary amides is 1. The molecule has 228 valence electrons. The summed E-state index contributed by atoms with van der Waals surface area (Å²) in [5.74, 6) is -1.33. The van der Waals surface area contributed by atoms with E-state index in [0.717, 1.165) is 4.68 Å². The first-order chi connectivity index (χ1) is 20.8. The monoisotopic (exact) mass is 614 g/mol. The number of alkyl halides is 5. The van der Waals surface area contributed by atoms with E-state index in [0.29, 0.717) is 18.6 Å². The number of hydrogen-bond acceptors (Lipinski definition) is 6. The zero-order valence-corrected chi connectivity index (χ0v) is 22.9. The highest BCUT2D eigenvalue weighted by Gasteiger charge is 2.44. The van der Waals surface area contributed by atoms with Crippen molar-refractivity contribution in [3.8, 4) is 22.9 Å². The standard InChI is InChI=1S/C30H23F5N4O5/c1-38(18-10-13-22-24(15-18)44-30(34,35)43-22)28(41)17-4-2-5-19(14-17)39-25-21(26(37-39)29(31,32)33)6-3-7-23(25)42-20-11-8-16(9-12-20)27(36)40/h2,4-5,8-15,23H,3,6-7H2,1H3,(H2,36,40). The first-order valence-corrected chi connectivity index (χ1v) is 13.3. The van der Waals surface area contributed by atoms with Gasteiger partial charge in [-0.15, -0.1) is 8.78 Å². The fraction of sp³-hybridized carbons (Fsp3) is 0.233. The van der Waals surface area contributed by atoms with Crippen LogP contribution in [0.25, 0.3) is 5.69 Å². The number of hydrogen-bond donors (Lipinski definition) is 1. The van der Waals surface area contributed by atoms with Gasteiger partial charge in [-0.25, -0.2) is 4.68 Å². The van der Waals surface area contributed by atoms with E-state index in [9.17, 15) is 31.5 Å². The summed E-state index contributed by atoms with van der Waals surface area (Å²) in [5, 5.41) is 3.94. The van der Waals surface area contributed by atoms with Gasteiger partial charge >= 0.3 is 12.5 Å². The Bertz CT molecular complexity index is 1770. The molecule has 0 saturated carbocycles. The van der Waals surface area contributed by atoms with Gasteiger partial charge in [-0.05, 0) is 73.9 Å². The van der Waals surface area contributed by atoms with Gasteiger partial charge in [0.15, 0.2) is 17.2 Å². The molecular weight excluding hydrogens is 591 g/mol. The number of anilines is 1. The number of rotatable bonds is 6. The number of nitrogens with two attached hydrogens (primary N) is 1. The van der Waals surface area contributed by atoms with Gasteiger partial charge < -0.3 is 24.8 Å². The van der Waals surface area contributed by atoms with E-state index in [1.54, 1.807) is 0 Å². The largest absolute Gasteiger partial charge is 0.586 e. The van der Waals surface area contributed by atoms with Crippen molar-refractivity contribution in [1.82, 2.24) is 9.78 Å². The lowest BCUT2D eigenvalue weighted by Gasteiger charge is -2.26. The maximum atomic E-state index is 14.1. The highest BCUT2D eigenvalue weighted by atomic mass is 19.4. The molecule has 1 unspecified atom stereocenters. The van der Waals surface area contributed by atoms with Crippen molar-refractivity contribution in [3.05, 3.63) is 94.8 Å². The summed E-state index contributed by atoms with van der Waals surface area (Å²) in [7, 11) is 1.41. The molecule has 14 heteroatoms. The molecule has 1 atom stereocenters. The first-order valence-electron chi connectivity index (χ1n) is 13.3. The fourth-order valence-corrected chi connectivity index (χ4v) is 5.27. The van der Waals surface area contributed by atoms with E-state index in [2.05, 4.69) is 14.6 Å². The van der Waals surface area contributed by atoms with E-state index >= 15 is 0 Å². The minimum absolute atomic E-state index is 0.00600. The summed E-state index contributed by atoms with van der Waals surface area (Å²) in [6, 6.07) is 15.6. The number of benzene rings is 3. The van der Waals surface area contributed by atoms with Gasteiger partial charge in [0.05, 0.1) is 11.4 Å². The topological polar surface area (TPSA) is 109 Å². The summed E-state index contributed by atoms with van der Waals surface area (Å²) in [5.41, 5.74) is 5.17. The summed E-state index contributed by atoms with van der Waals surface area (Å²) in [4.78, 5) is 26.0. The molecule has 2 amide bonds. The van der Waals surface area contributed by atoms with Crippen LogP contribution < -0.4 is 24.8 Å². The normalized spacial score (nSPS) is 16.7. The molecule has 4 aromatic rings. The smallest absolute Gasteiger partial charge is 0.484 e. The van der Waals surface area contributed by atoms with Crippen LogP contribution in [-0.2, 0) is 12.6 Å². The average molecular weight is 615 g/mol. The number of amides is 2. The Morgan fingerprint density at radius 3 is 2.45 bits per heavy atom. The van der Waals surface area contributed by atoms with Crippen LogP contribution in [0.2, 0.25) is 0 Å². The molecule has 3 aromatic carbocycles. The lowest BCUT2D eigenvalue weighted by molar-refractivity contribution is -0.286. The number of fused-ring (bicyclic) bond motifs is 2. The van der Waals surface area contributed by atoms with Crippen LogP contribution in [0.1, 0.15) is 56.6 Å². The predicted molar refractivity (Wildman–Crippen MR) is 145 cm³/mol. The van der Waals surface area contributed by atoms with Crippen LogP contribution in [-0.4, -0.2) is 34.9 Å². The van der Waals surface area contributed by atoms with Gasteiger partial charge in [0, 0.05) is 35.5 Å². The first kappa shape index (κ1) is 29.0. The van der Waals surface area contributed by atoms with Gasteiger partial charge in [-0.1, -0.05) is 6.07 Å². The second-order valence-electron chi connectivity index (χ2n) is 10.2. The van der Waals surface area contributed by atoms with Gasteiger partial charge in [-0.3, -0.25) is 9.59 Å². The van der Waals surface area contributed by atoms with Crippen LogP contribution in [0.5, 0.6) is 17.2 Å². The lowest BCUT2D eigenvalue weighted by Crippen LogP contribution is -2.26. The summed E-state index contributed by atoms with van der Waals surface area (Å²) in [6.45, 7) is 0. The number of nitrogens with zero attached hydrogens (tertiary/aromatic N) is 3. The maximum absolute atomic E-state index is 14.1. The van der Waals surface area contributed by atoms with Crippen molar-refractivity contribution in [2.75, 3.05) is 11.9 Å². The van der Waals surface area contributed by atoms with E-state index in [1.165, 1.54) is 78.7 Å². The van der Waals surface area contributed by atoms with Gasteiger partial charge in [0.2, 0.25) is 5.91 Å². The molecule has 0 bridgehead atoms. The van der Waals surface area contributed by atoms with Crippen LogP contribution >= 0.6 is 0 Å². The minimum Gasteiger partial charge on any atom is -0.484 e. The maximum Gasteiger partial charge on any atom is 0.586 e. The van der Waals surface area contributed by atoms with Crippen molar-refractivity contribution in [1.29, 1.82) is 0 Å². The van der Waals surface area contributed by atoms with Gasteiger partial charge in [0.1, 0.15) is 11.9 Å². The number of halogens is 5. The molecule has 2 N–H and O–H groups in total. The number of carbonyl (C=O) groups excluding carboxylic acids is 2. The molecular formula is C30H23F5N4O5. The molecule has 6 rings (SSSR count). The van der Waals surface area contributed by atoms with Crippen LogP contribution in [0.3, 0.4) is 0 Å². The van der Waals surface area contributed by atoms with Crippen molar-refractivity contribution in [2.45, 2.75) is 37.8 Å². The Kier molecular flexibility index (Phi) is 6.94. The van der Waals surface area contributed by atoms with Crippen molar-refractivity contribution >= 4 is 17.5 Å². The second-order valence-corrected chi connectivity index (χ2v) is 10.2. The van der Waals surface area contributed by atoms with E-state index in [-0.39, 0.29) is 51.7 Å². The second kappa shape index (κ2) is 10.5. The van der Waals surface area contributed by atoms with E-state index in [4.69, 9.17) is 10.5 Å². The predicted octanol–water partition coefficient (Wildman–Crippen LogP) is 6.04. The Labute approximate surface area is 246 Å². The molecule has 1 aliphatic carbocycles. The average Bonchev–Trinajstić information content (AvgIpc) is 3.53. The van der Waals surface area contributed by atoms with Crippen LogP contribution in [0.4, 0.5) is 27.6 Å². The molecule has 2 aliphatic rings. The third-order valence-corrected chi connectivity index (χ3v) is 7.32. The Hall–Kier alpha value is -5.14. The highest BCUT2D eigenvalue weighted by molar-refractivity contribution is 6.06. The van der Waals surface area contributed by atoms with Crippen LogP contribution in [0, 0.1) is 0 Å². The molecule has 9 nitrogen and oxygen atoms in total. The molecule has 1 aromatic heterocycles. The molecule has 0 saturated heterocycles. The molecule has 1 aliphatic heterocycles. The quantitative estimate of drug-likeness (QED) is 0.265. The number of aromatic nitrogens is 2. The molecule has 0 radical (unpaired) electrons. The van der Waals surface area contributed by atoms with Crippen molar-refractivity contribution in [3.63, 3.8) is 0 Å². The zero-order valence-electron chi connectivity index (χ0n) is 22.9. The molecule has 0 spiro atoms. The summed E-state index contributed by atoms with van der Waals surface area (Å²) < 4.78 is 85.4. The fourth-order valence-electron chi connectivity index (χ4n) is 5.27. The molecule has 44 heavy (non-hydrogen) atoms. The van der Waals surface area contributed by atoms with Crippen molar-refractivity contribution in [2.24, 2.45) is 5.73 Å². The van der Waals surface area contributed by atoms with E-state index < -0.39 is 36.1 Å². The van der Waals surface area contributed by atoms with Crippen LogP contribution in [0.15, 0.2) is 66.7 Å². The number of ether oxygens (including phenoxy) is 3. The Morgan fingerprint density at radius 2 is 1.75 bits per heavy atom. The Morgan fingerprint density at radius 1 is 1.02 bits per heavy atom. The number of carbonyl (C=O) groups is 2.